The van der Waals surface area contributed by atoms with E-state index in [1.165, 1.54) is 31.5 Å². The summed E-state index contributed by atoms with van der Waals surface area (Å²) in [7, 11) is -2.27. The number of amidine groups is 1. The van der Waals surface area contributed by atoms with Gasteiger partial charge in [0.1, 0.15) is 27.8 Å². The van der Waals surface area contributed by atoms with Gasteiger partial charge in [-0.3, -0.25) is 4.79 Å². The van der Waals surface area contributed by atoms with Gasteiger partial charge in [-0.05, 0) is 49.6 Å². The molecule has 4 rings (SSSR count). The molecule has 2 heterocycles. The molecule has 1 saturated carbocycles. The van der Waals surface area contributed by atoms with Gasteiger partial charge in [0.25, 0.3) is 5.91 Å². The van der Waals surface area contributed by atoms with Crippen molar-refractivity contribution in [3.8, 4) is 5.75 Å². The molecule has 0 radical (unpaired) electrons. The molecule has 2 aliphatic rings. The van der Waals surface area contributed by atoms with Crippen molar-refractivity contribution in [2.75, 3.05) is 18.2 Å². The van der Waals surface area contributed by atoms with E-state index >= 15 is 0 Å². The number of aliphatic imine (C=N–C) groups is 1. The maximum absolute atomic E-state index is 14.7. The maximum Gasteiger partial charge on any atom is 0.274 e. The molecule has 1 spiro atoms. The van der Waals surface area contributed by atoms with Gasteiger partial charge in [-0.25, -0.2) is 22.8 Å². The second kappa shape index (κ2) is 7.27. The average molecular weight is 447 g/mol. The number of nitrogens with two attached hydrogens (primary N) is 2. The Balaban J connectivity index is 1.65. The van der Waals surface area contributed by atoms with Crippen LogP contribution >= 0.6 is 0 Å². The number of methoxy groups -OCH3 is 1. The van der Waals surface area contributed by atoms with Crippen molar-refractivity contribution in [2.45, 2.75) is 29.7 Å². The minimum Gasteiger partial charge on any atom is -0.495 e. The Kier molecular flexibility index (Phi) is 4.97. The van der Waals surface area contributed by atoms with Crippen LogP contribution in [0.3, 0.4) is 0 Å². The molecule has 31 heavy (non-hydrogen) atoms. The van der Waals surface area contributed by atoms with E-state index in [9.17, 15) is 17.6 Å². The minimum absolute atomic E-state index is 0.0937. The number of anilines is 1. The lowest BCUT2D eigenvalue weighted by Crippen LogP contribution is -2.64. The van der Waals surface area contributed by atoms with Gasteiger partial charge in [0.05, 0.1) is 19.1 Å². The maximum atomic E-state index is 14.7. The lowest BCUT2D eigenvalue weighted by molar-refractivity contribution is 0.102. The lowest BCUT2D eigenvalue weighted by atomic mass is 9.82. The van der Waals surface area contributed by atoms with Crippen molar-refractivity contribution in [1.29, 1.82) is 0 Å². The Morgan fingerprint density at radius 2 is 2.00 bits per heavy atom. The summed E-state index contributed by atoms with van der Waals surface area (Å²) in [6.45, 7) is 0. The topological polar surface area (TPSA) is 150 Å². The van der Waals surface area contributed by atoms with E-state index < -0.39 is 37.7 Å². The van der Waals surface area contributed by atoms with Crippen LogP contribution in [0.2, 0.25) is 0 Å². The zero-order valence-corrected chi connectivity index (χ0v) is 17.6. The number of aromatic nitrogens is 1. The third-order valence-electron chi connectivity index (χ3n) is 5.85. The fourth-order valence-corrected chi connectivity index (χ4v) is 6.26. The Morgan fingerprint density at radius 1 is 1.26 bits per heavy atom. The monoisotopic (exact) mass is 447 g/mol. The number of pyridine rings is 1. The SMILES string of the molecule is COc1ccc(C(=O)Nc2ccc(F)c(C3(N)CS(=O)(=O)C4(CCC4)C(N)=N3)c2)nc1. The predicted molar refractivity (Wildman–Crippen MR) is 113 cm³/mol. The Bertz CT molecular complexity index is 1180. The van der Waals surface area contributed by atoms with E-state index in [2.05, 4.69) is 15.3 Å². The highest BCUT2D eigenvalue weighted by atomic mass is 32.2. The van der Waals surface area contributed by atoms with E-state index in [0.717, 1.165) is 12.5 Å². The zero-order chi connectivity index (χ0) is 22.4. The lowest BCUT2D eigenvalue weighted by Gasteiger charge is -2.46. The second-order valence-electron chi connectivity index (χ2n) is 7.76. The van der Waals surface area contributed by atoms with Crippen molar-refractivity contribution in [2.24, 2.45) is 16.5 Å². The third-order valence-corrected chi connectivity index (χ3v) is 8.48. The molecule has 9 nitrogen and oxygen atoms in total. The molecule has 1 aromatic heterocycles. The van der Waals surface area contributed by atoms with Crippen LogP contribution < -0.4 is 21.5 Å². The molecule has 0 bridgehead atoms. The quantitative estimate of drug-likeness (QED) is 0.639. The Morgan fingerprint density at radius 3 is 2.55 bits per heavy atom. The molecular formula is C20H22FN5O4S. The summed E-state index contributed by atoms with van der Waals surface area (Å²) in [6, 6.07) is 6.74. The summed E-state index contributed by atoms with van der Waals surface area (Å²) < 4.78 is 44.4. The van der Waals surface area contributed by atoms with E-state index in [0.29, 0.717) is 18.6 Å². The van der Waals surface area contributed by atoms with Crippen LogP contribution in [0.5, 0.6) is 5.75 Å². The summed E-state index contributed by atoms with van der Waals surface area (Å²) in [5.41, 5.74) is 10.5. The first-order chi connectivity index (χ1) is 14.6. The number of sulfone groups is 1. The van der Waals surface area contributed by atoms with Gasteiger partial charge < -0.3 is 21.5 Å². The smallest absolute Gasteiger partial charge is 0.274 e. The summed E-state index contributed by atoms with van der Waals surface area (Å²) >= 11 is 0. The molecule has 1 fully saturated rings. The van der Waals surface area contributed by atoms with Crippen LogP contribution in [0.15, 0.2) is 41.5 Å². The van der Waals surface area contributed by atoms with Crippen molar-refractivity contribution in [3.05, 3.63) is 53.6 Å². The first-order valence-electron chi connectivity index (χ1n) is 9.59. The summed E-state index contributed by atoms with van der Waals surface area (Å²) in [5, 5.41) is 2.60. The molecule has 5 N–H and O–H groups in total. The predicted octanol–water partition coefficient (Wildman–Crippen LogP) is 1.30. The third kappa shape index (κ3) is 3.43. The first kappa shape index (κ1) is 21.2. The molecule has 11 heteroatoms. The number of benzene rings is 1. The molecule has 1 aromatic carbocycles. The van der Waals surface area contributed by atoms with E-state index in [-0.39, 0.29) is 22.8 Å². The number of nitrogens with zero attached hydrogens (tertiary/aromatic N) is 2. The van der Waals surface area contributed by atoms with Crippen LogP contribution in [0.4, 0.5) is 10.1 Å². The van der Waals surface area contributed by atoms with Gasteiger partial charge in [-0.1, -0.05) is 0 Å². The van der Waals surface area contributed by atoms with Crippen LogP contribution in [0.1, 0.15) is 35.3 Å². The van der Waals surface area contributed by atoms with Crippen LogP contribution in [-0.4, -0.2) is 42.8 Å². The van der Waals surface area contributed by atoms with Gasteiger partial charge >= 0.3 is 0 Å². The largest absolute Gasteiger partial charge is 0.495 e. The van der Waals surface area contributed by atoms with Gasteiger partial charge in [0, 0.05) is 11.3 Å². The number of halogens is 1. The highest BCUT2D eigenvalue weighted by molar-refractivity contribution is 7.93. The number of ether oxygens (including phenoxy) is 1. The molecule has 1 aliphatic carbocycles. The number of rotatable bonds is 4. The number of carbonyl (C=O) groups excluding carboxylic acids is 1. The Hall–Kier alpha value is -3.05. The highest BCUT2D eigenvalue weighted by Crippen LogP contribution is 2.45. The number of carbonyl (C=O) groups is 1. The van der Waals surface area contributed by atoms with Crippen molar-refractivity contribution < 1.29 is 22.3 Å². The van der Waals surface area contributed by atoms with Gasteiger partial charge in [0.2, 0.25) is 0 Å². The van der Waals surface area contributed by atoms with Crippen molar-refractivity contribution in [1.82, 2.24) is 4.98 Å². The molecule has 2 aromatic rings. The molecule has 1 unspecified atom stereocenters. The number of hydrogen-bond acceptors (Lipinski definition) is 8. The molecule has 0 saturated heterocycles. The van der Waals surface area contributed by atoms with Crippen LogP contribution in [0.25, 0.3) is 0 Å². The molecule has 164 valence electrons. The van der Waals surface area contributed by atoms with Crippen molar-refractivity contribution >= 4 is 27.3 Å². The van der Waals surface area contributed by atoms with Gasteiger partial charge in [0.15, 0.2) is 15.5 Å². The van der Waals surface area contributed by atoms with Gasteiger partial charge in [-0.15, -0.1) is 0 Å². The summed E-state index contributed by atoms with van der Waals surface area (Å²) in [6.07, 6.45) is 2.88. The van der Waals surface area contributed by atoms with Crippen molar-refractivity contribution in [3.63, 3.8) is 0 Å². The minimum atomic E-state index is -3.75. The fraction of sp³-hybridized carbons (Fsp3) is 0.350. The van der Waals surface area contributed by atoms with Gasteiger partial charge in [-0.2, -0.15) is 0 Å². The average Bonchev–Trinajstić information content (AvgIpc) is 2.67. The zero-order valence-electron chi connectivity index (χ0n) is 16.8. The number of amides is 1. The van der Waals surface area contributed by atoms with Crippen LogP contribution in [0, 0.1) is 5.82 Å². The van der Waals surface area contributed by atoms with E-state index in [1.54, 1.807) is 6.07 Å². The summed E-state index contributed by atoms with van der Waals surface area (Å²) in [5.74, 6) is -1.47. The summed E-state index contributed by atoms with van der Waals surface area (Å²) in [4.78, 5) is 20.7. The Labute approximate surface area is 178 Å². The molecule has 1 amide bonds. The molecule has 1 aliphatic heterocycles. The number of nitrogens with one attached hydrogen (secondary N) is 1. The molecule has 1 atom stereocenters. The first-order valence-corrected chi connectivity index (χ1v) is 11.2. The fourth-order valence-electron chi connectivity index (χ4n) is 3.90. The van der Waals surface area contributed by atoms with Crippen LogP contribution in [-0.2, 0) is 15.5 Å². The normalized spacial score (nSPS) is 23.5. The standard InChI is InChI=1S/C20H22FN5O4S/c1-30-13-4-6-16(24-10-13)17(27)25-12-3-5-15(21)14(9-12)20(23)11-31(28,29)19(7-2-8-19)18(22)26-20/h3-6,9-10H,2,7-8,11,23H2,1H3,(H2,22,26)(H,25,27). The van der Waals surface area contributed by atoms with E-state index in [4.69, 9.17) is 16.2 Å². The molecular weight excluding hydrogens is 425 g/mol. The number of hydrogen-bond donors (Lipinski definition) is 3. The second-order valence-corrected chi connectivity index (χ2v) is 10.1. The highest BCUT2D eigenvalue weighted by Gasteiger charge is 2.58. The van der Waals surface area contributed by atoms with E-state index in [1.807, 2.05) is 0 Å².